The number of anilines is 1. The molecule has 2 rings (SSSR count). The molecule has 0 radical (unpaired) electrons. The zero-order valence-electron chi connectivity index (χ0n) is 16.3. The minimum atomic E-state index is -1.14. The minimum absolute atomic E-state index is 0.0800. The van der Waals surface area contributed by atoms with Crippen LogP contribution in [0.2, 0.25) is 5.02 Å². The Balaban J connectivity index is 2.10. The van der Waals surface area contributed by atoms with Crippen molar-refractivity contribution in [2.24, 2.45) is 0 Å². The summed E-state index contributed by atoms with van der Waals surface area (Å²) in [6, 6.07) is 12.0. The molecule has 0 aliphatic carbocycles. The molecule has 0 aromatic heterocycles. The second-order valence-corrected chi connectivity index (χ2v) is 8.10. The Morgan fingerprint density at radius 2 is 1.90 bits per heavy atom. The van der Waals surface area contributed by atoms with E-state index in [-0.39, 0.29) is 12.3 Å². The normalized spacial score (nSPS) is 11.8. The van der Waals surface area contributed by atoms with Crippen molar-refractivity contribution in [1.29, 1.82) is 0 Å². The van der Waals surface area contributed by atoms with E-state index in [0.717, 1.165) is 5.56 Å². The second-order valence-electron chi connectivity index (χ2n) is 6.81. The topological polar surface area (TPSA) is 75.6 Å². The van der Waals surface area contributed by atoms with Gasteiger partial charge in [-0.1, -0.05) is 29.7 Å². The van der Waals surface area contributed by atoms with E-state index in [4.69, 9.17) is 21.4 Å². The Morgan fingerprint density at radius 1 is 1.24 bits per heavy atom. The molecule has 1 unspecified atom stereocenters. The molecule has 29 heavy (non-hydrogen) atoms. The van der Waals surface area contributed by atoms with Gasteiger partial charge in [-0.05, 0) is 72.6 Å². The number of nitrogens with one attached hydrogen (secondary N) is 1. The van der Waals surface area contributed by atoms with Crippen LogP contribution in [0.4, 0.5) is 5.69 Å². The standard InChI is InChI=1S/C22H21BrClNO4/c1-4-5-15(12-20(26)27)14-6-9-17(10-7-14)25-21(28)22(2,3)29-19-11-8-16(24)13-18(19)23/h6-11,13,15H,12H2,1-3H3,(H,25,28)(H,26,27). The van der Waals surface area contributed by atoms with E-state index in [1.165, 1.54) is 0 Å². The number of carbonyl (C=O) groups excluding carboxylic acids is 1. The molecule has 0 heterocycles. The van der Waals surface area contributed by atoms with E-state index >= 15 is 0 Å². The molecule has 0 saturated carbocycles. The molecule has 1 amide bonds. The average molecular weight is 479 g/mol. The first-order valence-electron chi connectivity index (χ1n) is 8.82. The van der Waals surface area contributed by atoms with Gasteiger partial charge in [-0.3, -0.25) is 9.59 Å². The number of aliphatic carboxylic acids is 1. The summed E-state index contributed by atoms with van der Waals surface area (Å²) in [4.78, 5) is 23.7. The summed E-state index contributed by atoms with van der Waals surface area (Å²) in [7, 11) is 0. The molecule has 2 aromatic rings. The Kier molecular flexibility index (Phi) is 7.72. The van der Waals surface area contributed by atoms with E-state index in [9.17, 15) is 9.59 Å². The van der Waals surface area contributed by atoms with Gasteiger partial charge in [-0.2, -0.15) is 0 Å². The highest BCUT2D eigenvalue weighted by Gasteiger charge is 2.30. The number of halogens is 2. The first-order valence-corrected chi connectivity index (χ1v) is 9.99. The van der Waals surface area contributed by atoms with Crippen molar-refractivity contribution >= 4 is 45.1 Å². The molecular weight excluding hydrogens is 458 g/mol. The molecule has 0 bridgehead atoms. The van der Waals surface area contributed by atoms with Crippen molar-refractivity contribution in [3.63, 3.8) is 0 Å². The molecular formula is C22H21BrClNO4. The van der Waals surface area contributed by atoms with Gasteiger partial charge >= 0.3 is 5.97 Å². The second kappa shape index (κ2) is 9.82. The first kappa shape index (κ1) is 22.8. The lowest BCUT2D eigenvalue weighted by Crippen LogP contribution is -2.42. The van der Waals surface area contributed by atoms with Crippen molar-refractivity contribution in [2.75, 3.05) is 5.32 Å². The molecule has 0 aliphatic heterocycles. The predicted molar refractivity (Wildman–Crippen MR) is 117 cm³/mol. The van der Waals surface area contributed by atoms with Crippen LogP contribution in [0.3, 0.4) is 0 Å². The summed E-state index contributed by atoms with van der Waals surface area (Å²) in [5.74, 6) is 4.51. The van der Waals surface area contributed by atoms with Crippen LogP contribution in [0.25, 0.3) is 0 Å². The third kappa shape index (κ3) is 6.52. The smallest absolute Gasteiger partial charge is 0.304 e. The zero-order valence-corrected chi connectivity index (χ0v) is 18.6. The lowest BCUT2D eigenvalue weighted by atomic mass is 9.96. The Morgan fingerprint density at radius 3 is 2.45 bits per heavy atom. The predicted octanol–water partition coefficient (Wildman–Crippen LogP) is 5.48. The highest BCUT2D eigenvalue weighted by atomic mass is 79.9. The van der Waals surface area contributed by atoms with Gasteiger partial charge in [0.15, 0.2) is 5.60 Å². The molecule has 5 nitrogen and oxygen atoms in total. The van der Waals surface area contributed by atoms with Gasteiger partial charge in [-0.25, -0.2) is 0 Å². The van der Waals surface area contributed by atoms with E-state index < -0.39 is 17.5 Å². The summed E-state index contributed by atoms with van der Waals surface area (Å²) in [6.45, 7) is 5.00. The maximum absolute atomic E-state index is 12.7. The van der Waals surface area contributed by atoms with Gasteiger partial charge in [-0.15, -0.1) is 5.92 Å². The van der Waals surface area contributed by atoms with Crippen LogP contribution in [0, 0.1) is 11.8 Å². The fraction of sp³-hybridized carbons (Fsp3) is 0.273. The summed E-state index contributed by atoms with van der Waals surface area (Å²) in [5.41, 5.74) is 0.207. The van der Waals surface area contributed by atoms with Crippen LogP contribution < -0.4 is 10.1 Å². The molecule has 7 heteroatoms. The lowest BCUT2D eigenvalue weighted by Gasteiger charge is -2.26. The average Bonchev–Trinajstić information content (AvgIpc) is 2.64. The molecule has 152 valence electrons. The van der Waals surface area contributed by atoms with Crippen molar-refractivity contribution < 1.29 is 19.4 Å². The van der Waals surface area contributed by atoms with Crippen molar-refractivity contribution in [2.45, 2.75) is 38.7 Å². The number of carbonyl (C=O) groups is 2. The fourth-order valence-electron chi connectivity index (χ4n) is 2.56. The summed E-state index contributed by atoms with van der Waals surface area (Å²) >= 11 is 9.31. The molecule has 0 fully saturated rings. The Hall–Kier alpha value is -2.49. The van der Waals surface area contributed by atoms with Crippen LogP contribution in [0.5, 0.6) is 5.75 Å². The van der Waals surface area contributed by atoms with Gasteiger partial charge in [0.1, 0.15) is 5.75 Å². The fourth-order valence-corrected chi connectivity index (χ4v) is 3.32. The molecule has 1 atom stereocenters. The largest absolute Gasteiger partial charge is 0.481 e. The minimum Gasteiger partial charge on any atom is -0.481 e. The number of benzene rings is 2. The lowest BCUT2D eigenvalue weighted by molar-refractivity contribution is -0.137. The van der Waals surface area contributed by atoms with Crippen molar-refractivity contribution in [1.82, 2.24) is 0 Å². The van der Waals surface area contributed by atoms with Gasteiger partial charge in [0.25, 0.3) is 5.91 Å². The molecule has 0 aliphatic rings. The van der Waals surface area contributed by atoms with E-state index in [2.05, 4.69) is 33.1 Å². The number of hydrogen-bond donors (Lipinski definition) is 2. The highest BCUT2D eigenvalue weighted by molar-refractivity contribution is 9.10. The number of amides is 1. The van der Waals surface area contributed by atoms with Crippen LogP contribution >= 0.6 is 27.5 Å². The van der Waals surface area contributed by atoms with E-state index in [1.807, 2.05) is 0 Å². The van der Waals surface area contributed by atoms with Crippen molar-refractivity contribution in [3.05, 3.63) is 57.5 Å². The number of ether oxygens (including phenoxy) is 1. The zero-order chi connectivity index (χ0) is 21.6. The number of hydrogen-bond acceptors (Lipinski definition) is 3. The summed E-state index contributed by atoms with van der Waals surface area (Å²) in [6.07, 6.45) is -0.0800. The molecule has 2 aromatic carbocycles. The van der Waals surface area contributed by atoms with E-state index in [0.29, 0.717) is 20.9 Å². The Labute approximate surface area is 183 Å². The van der Waals surface area contributed by atoms with Gasteiger partial charge in [0.2, 0.25) is 0 Å². The maximum Gasteiger partial charge on any atom is 0.304 e. The van der Waals surface area contributed by atoms with Gasteiger partial charge in [0, 0.05) is 10.7 Å². The summed E-state index contributed by atoms with van der Waals surface area (Å²) in [5, 5.41) is 12.4. The Bertz CT molecular complexity index is 961. The van der Waals surface area contributed by atoms with Gasteiger partial charge in [0.05, 0.1) is 16.8 Å². The van der Waals surface area contributed by atoms with Crippen LogP contribution in [-0.4, -0.2) is 22.6 Å². The first-order chi connectivity index (χ1) is 13.6. The third-order valence-electron chi connectivity index (χ3n) is 4.07. The SMILES string of the molecule is CC#CC(CC(=O)O)c1ccc(NC(=O)C(C)(C)Oc2ccc(Cl)cc2Br)cc1. The number of carboxylic acids is 1. The highest BCUT2D eigenvalue weighted by Crippen LogP contribution is 2.31. The van der Waals surface area contributed by atoms with Crippen LogP contribution in [0.15, 0.2) is 46.9 Å². The van der Waals surface area contributed by atoms with Crippen LogP contribution in [-0.2, 0) is 9.59 Å². The third-order valence-corrected chi connectivity index (χ3v) is 4.93. The monoisotopic (exact) mass is 477 g/mol. The molecule has 0 spiro atoms. The van der Waals surface area contributed by atoms with Gasteiger partial charge < -0.3 is 15.2 Å². The number of rotatable bonds is 7. The van der Waals surface area contributed by atoms with E-state index in [1.54, 1.807) is 63.2 Å². The van der Waals surface area contributed by atoms with Crippen molar-refractivity contribution in [3.8, 4) is 17.6 Å². The maximum atomic E-state index is 12.7. The molecule has 2 N–H and O–H groups in total. The summed E-state index contributed by atoms with van der Waals surface area (Å²) < 4.78 is 6.51. The molecule has 0 saturated heterocycles. The van der Waals surface area contributed by atoms with Crippen LogP contribution in [0.1, 0.15) is 38.7 Å². The quantitative estimate of drug-likeness (QED) is 0.517. The number of carboxylic acid groups (broad SMARTS) is 1.